The van der Waals surface area contributed by atoms with Gasteiger partial charge >= 0.3 is 6.18 Å². The van der Waals surface area contributed by atoms with E-state index in [4.69, 9.17) is 5.73 Å². The first-order valence-corrected chi connectivity index (χ1v) is 7.74. The highest BCUT2D eigenvalue weighted by molar-refractivity contribution is 5.93. The number of nitrogens with two attached hydrogens (primary N) is 1. The van der Waals surface area contributed by atoms with Crippen molar-refractivity contribution in [2.24, 2.45) is 5.73 Å². The van der Waals surface area contributed by atoms with Crippen LogP contribution < -0.4 is 16.4 Å². The lowest BCUT2D eigenvalue weighted by Crippen LogP contribution is -2.10. The largest absolute Gasteiger partial charge is 0.416 e. The van der Waals surface area contributed by atoms with Crippen LogP contribution in [-0.4, -0.2) is 15.9 Å². The van der Waals surface area contributed by atoms with Crippen LogP contribution in [-0.2, 0) is 6.18 Å². The van der Waals surface area contributed by atoms with Crippen LogP contribution in [0, 0.1) is 0 Å². The first kappa shape index (κ1) is 18.2. The van der Waals surface area contributed by atoms with Crippen molar-refractivity contribution in [1.29, 1.82) is 0 Å². The summed E-state index contributed by atoms with van der Waals surface area (Å²) in [6.45, 7) is 0. The Morgan fingerprint density at radius 1 is 0.889 bits per heavy atom. The van der Waals surface area contributed by atoms with Crippen molar-refractivity contribution in [3.8, 4) is 0 Å². The molecule has 138 valence electrons. The highest BCUT2D eigenvalue weighted by Gasteiger charge is 2.30. The van der Waals surface area contributed by atoms with Gasteiger partial charge in [-0.15, -0.1) is 0 Å². The van der Waals surface area contributed by atoms with Gasteiger partial charge in [-0.25, -0.2) is 9.97 Å². The number of alkyl halides is 3. The van der Waals surface area contributed by atoms with Crippen molar-refractivity contribution in [3.05, 3.63) is 72.1 Å². The van der Waals surface area contributed by atoms with Gasteiger partial charge in [0.1, 0.15) is 18.0 Å². The van der Waals surface area contributed by atoms with Crippen molar-refractivity contribution in [1.82, 2.24) is 9.97 Å². The average Bonchev–Trinajstić information content (AvgIpc) is 2.62. The van der Waals surface area contributed by atoms with Gasteiger partial charge in [-0.2, -0.15) is 13.2 Å². The molecule has 3 aromatic rings. The fourth-order valence-electron chi connectivity index (χ4n) is 2.31. The Kier molecular flexibility index (Phi) is 4.93. The summed E-state index contributed by atoms with van der Waals surface area (Å²) in [7, 11) is 0. The first-order chi connectivity index (χ1) is 12.8. The van der Waals surface area contributed by atoms with Crippen LogP contribution in [0.1, 0.15) is 15.9 Å². The zero-order valence-electron chi connectivity index (χ0n) is 13.8. The van der Waals surface area contributed by atoms with Gasteiger partial charge in [-0.1, -0.05) is 12.1 Å². The number of carbonyl (C=O) groups is 1. The summed E-state index contributed by atoms with van der Waals surface area (Å²) in [6, 6.07) is 12.8. The molecule has 0 fully saturated rings. The van der Waals surface area contributed by atoms with E-state index in [0.717, 1.165) is 12.1 Å². The molecule has 0 radical (unpaired) electrons. The van der Waals surface area contributed by atoms with Crippen molar-refractivity contribution < 1.29 is 18.0 Å². The quantitative estimate of drug-likeness (QED) is 0.627. The summed E-state index contributed by atoms with van der Waals surface area (Å²) in [5.41, 5.74) is 5.64. The summed E-state index contributed by atoms with van der Waals surface area (Å²) in [6.07, 6.45) is -3.17. The van der Waals surface area contributed by atoms with Gasteiger partial charge in [-0.3, -0.25) is 4.79 Å². The van der Waals surface area contributed by atoms with E-state index in [1.54, 1.807) is 24.3 Å². The molecule has 0 saturated heterocycles. The minimum absolute atomic E-state index is 0.241. The van der Waals surface area contributed by atoms with E-state index in [1.807, 2.05) is 0 Å². The normalized spacial score (nSPS) is 11.1. The molecule has 1 aromatic heterocycles. The van der Waals surface area contributed by atoms with Crippen LogP contribution in [0.4, 0.5) is 36.2 Å². The number of amides is 1. The lowest BCUT2D eigenvalue weighted by atomic mass is 10.2. The zero-order chi connectivity index (χ0) is 19.4. The topological polar surface area (TPSA) is 92.9 Å². The van der Waals surface area contributed by atoms with E-state index in [2.05, 4.69) is 20.6 Å². The van der Waals surface area contributed by atoms with Crippen LogP contribution in [0.15, 0.2) is 60.9 Å². The fourth-order valence-corrected chi connectivity index (χ4v) is 2.31. The van der Waals surface area contributed by atoms with E-state index >= 15 is 0 Å². The second-order valence-electron chi connectivity index (χ2n) is 5.56. The first-order valence-electron chi connectivity index (χ1n) is 7.74. The number of rotatable bonds is 5. The smallest absolute Gasteiger partial charge is 0.366 e. The molecular formula is C18H14F3N5O. The van der Waals surface area contributed by atoms with Crippen molar-refractivity contribution >= 4 is 28.9 Å². The third-order valence-corrected chi connectivity index (χ3v) is 3.55. The number of nitrogens with zero attached hydrogens (tertiary/aromatic N) is 2. The van der Waals surface area contributed by atoms with Crippen molar-refractivity contribution in [3.63, 3.8) is 0 Å². The molecule has 1 heterocycles. The molecule has 0 bridgehead atoms. The number of aromatic nitrogens is 2. The van der Waals surface area contributed by atoms with E-state index in [9.17, 15) is 18.0 Å². The monoisotopic (exact) mass is 373 g/mol. The molecule has 2 aromatic carbocycles. The van der Waals surface area contributed by atoms with Crippen LogP contribution >= 0.6 is 0 Å². The van der Waals surface area contributed by atoms with Crippen molar-refractivity contribution in [2.75, 3.05) is 10.6 Å². The fraction of sp³-hybridized carbons (Fsp3) is 0.0556. The summed E-state index contributed by atoms with van der Waals surface area (Å²) < 4.78 is 38.4. The number of primary amides is 1. The number of nitrogens with one attached hydrogen (secondary N) is 2. The van der Waals surface area contributed by atoms with Gasteiger partial charge in [0.25, 0.3) is 0 Å². The standard InChI is InChI=1S/C18H14F3N5O/c19-18(20,21)12-4-2-6-14(8-12)26-16-9-15(23-10-24-16)25-13-5-1-3-11(7-13)17(22)27/h1-10H,(H2,22,27)(H2,23,24,25,26). The highest BCUT2D eigenvalue weighted by Crippen LogP contribution is 2.31. The van der Waals surface area contributed by atoms with Gasteiger partial charge in [0.2, 0.25) is 5.91 Å². The number of halogens is 3. The molecule has 9 heteroatoms. The van der Waals surface area contributed by atoms with Gasteiger partial charge in [0, 0.05) is 23.0 Å². The molecule has 3 rings (SSSR count). The number of hydrogen-bond donors (Lipinski definition) is 3. The third-order valence-electron chi connectivity index (χ3n) is 3.55. The Morgan fingerprint density at radius 2 is 1.48 bits per heavy atom. The molecule has 0 saturated carbocycles. The van der Waals surface area contributed by atoms with Gasteiger partial charge in [0.05, 0.1) is 5.56 Å². The van der Waals surface area contributed by atoms with E-state index in [-0.39, 0.29) is 5.69 Å². The Morgan fingerprint density at radius 3 is 2.07 bits per heavy atom. The minimum Gasteiger partial charge on any atom is -0.366 e. The van der Waals surface area contributed by atoms with Gasteiger partial charge < -0.3 is 16.4 Å². The van der Waals surface area contributed by atoms with E-state index in [0.29, 0.717) is 22.9 Å². The maximum Gasteiger partial charge on any atom is 0.416 e. The molecule has 6 nitrogen and oxygen atoms in total. The van der Waals surface area contributed by atoms with Gasteiger partial charge in [0.15, 0.2) is 0 Å². The molecular weight excluding hydrogens is 359 g/mol. The maximum atomic E-state index is 12.8. The summed E-state index contributed by atoms with van der Waals surface area (Å²) in [5.74, 6) is 0.132. The SMILES string of the molecule is NC(=O)c1cccc(Nc2cc(Nc3cccc(C(F)(F)F)c3)ncn2)c1. The van der Waals surface area contributed by atoms with Crippen LogP contribution in [0.5, 0.6) is 0 Å². The van der Waals surface area contributed by atoms with E-state index < -0.39 is 17.6 Å². The lowest BCUT2D eigenvalue weighted by molar-refractivity contribution is -0.137. The molecule has 27 heavy (non-hydrogen) atoms. The zero-order valence-corrected chi connectivity index (χ0v) is 13.8. The van der Waals surface area contributed by atoms with Gasteiger partial charge in [-0.05, 0) is 36.4 Å². The summed E-state index contributed by atoms with van der Waals surface area (Å²) in [4.78, 5) is 19.3. The Bertz CT molecular complexity index is 975. The number of carbonyl (C=O) groups excluding carboxylic acids is 1. The summed E-state index contributed by atoms with van der Waals surface area (Å²) >= 11 is 0. The Labute approximate surface area is 152 Å². The Hall–Kier alpha value is -3.62. The lowest BCUT2D eigenvalue weighted by Gasteiger charge is -2.11. The number of benzene rings is 2. The molecule has 0 spiro atoms. The predicted molar refractivity (Wildman–Crippen MR) is 95.0 cm³/mol. The minimum atomic E-state index is -4.43. The summed E-state index contributed by atoms with van der Waals surface area (Å²) in [5, 5.41) is 5.79. The van der Waals surface area contributed by atoms with Crippen LogP contribution in [0.25, 0.3) is 0 Å². The average molecular weight is 373 g/mol. The predicted octanol–water partition coefficient (Wildman–Crippen LogP) is 4.08. The van der Waals surface area contributed by atoms with Crippen LogP contribution in [0.2, 0.25) is 0 Å². The molecule has 1 amide bonds. The van der Waals surface area contributed by atoms with Crippen LogP contribution in [0.3, 0.4) is 0 Å². The Balaban J connectivity index is 1.78. The number of anilines is 4. The molecule has 0 aliphatic rings. The molecule has 0 atom stereocenters. The molecule has 0 aliphatic heterocycles. The number of hydrogen-bond acceptors (Lipinski definition) is 5. The second-order valence-corrected chi connectivity index (χ2v) is 5.56. The van der Waals surface area contributed by atoms with E-state index in [1.165, 1.54) is 24.5 Å². The second kappa shape index (κ2) is 7.32. The highest BCUT2D eigenvalue weighted by atomic mass is 19.4. The van der Waals surface area contributed by atoms with Crippen molar-refractivity contribution in [2.45, 2.75) is 6.18 Å². The molecule has 4 N–H and O–H groups in total. The maximum absolute atomic E-state index is 12.8. The third kappa shape index (κ3) is 4.72. The molecule has 0 aliphatic carbocycles. The molecule has 0 unspecified atom stereocenters.